The third kappa shape index (κ3) is 3.15. The summed E-state index contributed by atoms with van der Waals surface area (Å²) in [6, 6.07) is 4.21. The quantitative estimate of drug-likeness (QED) is 0.801. The van der Waals surface area contributed by atoms with Gasteiger partial charge in [0.05, 0.1) is 7.11 Å². The van der Waals surface area contributed by atoms with Crippen molar-refractivity contribution in [1.82, 2.24) is 0 Å². The maximum absolute atomic E-state index is 5.34. The van der Waals surface area contributed by atoms with E-state index in [1.54, 1.807) is 7.11 Å². The van der Waals surface area contributed by atoms with Gasteiger partial charge in [-0.25, -0.2) is 0 Å². The third-order valence-corrected chi connectivity index (χ3v) is 2.36. The SMILES string of the molecule is COc1cc(NC(C)(C)C)cc(C)c1C. The number of hydrogen-bond donors (Lipinski definition) is 1. The van der Waals surface area contributed by atoms with Crippen molar-refractivity contribution in [2.24, 2.45) is 0 Å². The van der Waals surface area contributed by atoms with Gasteiger partial charge in [-0.3, -0.25) is 0 Å². The average Bonchev–Trinajstić information content (AvgIpc) is 2.08. The summed E-state index contributed by atoms with van der Waals surface area (Å²) in [6.07, 6.45) is 0. The summed E-state index contributed by atoms with van der Waals surface area (Å²) < 4.78 is 5.34. The maximum atomic E-state index is 5.34. The minimum absolute atomic E-state index is 0.0761. The molecule has 0 amide bonds. The normalized spacial score (nSPS) is 11.3. The van der Waals surface area contributed by atoms with Crippen LogP contribution in [0.4, 0.5) is 5.69 Å². The number of nitrogens with one attached hydrogen (secondary N) is 1. The van der Waals surface area contributed by atoms with E-state index in [1.165, 1.54) is 11.1 Å². The van der Waals surface area contributed by atoms with Gasteiger partial charge in [0.2, 0.25) is 0 Å². The second kappa shape index (κ2) is 4.13. The number of anilines is 1. The van der Waals surface area contributed by atoms with E-state index in [0.29, 0.717) is 0 Å². The summed E-state index contributed by atoms with van der Waals surface area (Å²) in [5, 5.41) is 3.44. The Bertz CT molecular complexity index is 350. The van der Waals surface area contributed by atoms with E-state index < -0.39 is 0 Å². The Hall–Kier alpha value is -1.18. The maximum Gasteiger partial charge on any atom is 0.124 e. The van der Waals surface area contributed by atoms with Crippen molar-refractivity contribution in [3.8, 4) is 5.75 Å². The molecule has 1 rings (SSSR count). The second-order valence-corrected chi connectivity index (χ2v) is 5.00. The Morgan fingerprint density at radius 1 is 1.13 bits per heavy atom. The zero-order valence-corrected chi connectivity index (χ0v) is 10.6. The molecule has 0 aromatic heterocycles. The lowest BCUT2D eigenvalue weighted by Crippen LogP contribution is -2.26. The van der Waals surface area contributed by atoms with Gasteiger partial charge in [0.25, 0.3) is 0 Å². The standard InChI is InChI=1S/C13H21NO/c1-9-7-11(14-13(3,4)5)8-12(15-6)10(9)2/h7-8,14H,1-6H3. The third-order valence-electron chi connectivity index (χ3n) is 2.36. The topological polar surface area (TPSA) is 21.3 Å². The van der Waals surface area contributed by atoms with Crippen LogP contribution >= 0.6 is 0 Å². The van der Waals surface area contributed by atoms with E-state index in [1.807, 2.05) is 6.07 Å². The average molecular weight is 207 g/mol. The van der Waals surface area contributed by atoms with Gasteiger partial charge in [-0.2, -0.15) is 0 Å². The molecule has 1 aromatic rings. The zero-order valence-electron chi connectivity index (χ0n) is 10.6. The van der Waals surface area contributed by atoms with Crippen LogP contribution in [0.5, 0.6) is 5.75 Å². The molecular weight excluding hydrogens is 186 g/mol. The van der Waals surface area contributed by atoms with Crippen LogP contribution < -0.4 is 10.1 Å². The Morgan fingerprint density at radius 3 is 2.20 bits per heavy atom. The predicted octanol–water partition coefficient (Wildman–Crippen LogP) is 3.52. The molecule has 0 saturated heterocycles. The first-order chi connectivity index (χ1) is 6.83. The number of hydrogen-bond acceptors (Lipinski definition) is 2. The fourth-order valence-electron chi connectivity index (χ4n) is 1.54. The molecule has 0 aliphatic heterocycles. The zero-order chi connectivity index (χ0) is 11.6. The number of benzene rings is 1. The van der Waals surface area contributed by atoms with Crippen molar-refractivity contribution in [3.05, 3.63) is 23.3 Å². The van der Waals surface area contributed by atoms with Crippen LogP contribution in [0, 0.1) is 13.8 Å². The molecular formula is C13H21NO. The van der Waals surface area contributed by atoms with Gasteiger partial charge < -0.3 is 10.1 Å². The van der Waals surface area contributed by atoms with Crippen molar-refractivity contribution in [1.29, 1.82) is 0 Å². The van der Waals surface area contributed by atoms with Crippen molar-refractivity contribution in [2.75, 3.05) is 12.4 Å². The first kappa shape index (κ1) is 11.9. The number of rotatable bonds is 2. The van der Waals surface area contributed by atoms with Gasteiger partial charge >= 0.3 is 0 Å². The smallest absolute Gasteiger partial charge is 0.124 e. The van der Waals surface area contributed by atoms with Crippen LogP contribution in [0.15, 0.2) is 12.1 Å². The summed E-state index contributed by atoms with van der Waals surface area (Å²) in [7, 11) is 1.71. The highest BCUT2D eigenvalue weighted by molar-refractivity contribution is 5.56. The predicted molar refractivity (Wildman–Crippen MR) is 65.8 cm³/mol. The van der Waals surface area contributed by atoms with Crippen molar-refractivity contribution < 1.29 is 4.74 Å². The van der Waals surface area contributed by atoms with Crippen LogP contribution in [0.25, 0.3) is 0 Å². The molecule has 0 saturated carbocycles. The molecule has 0 unspecified atom stereocenters. The Morgan fingerprint density at radius 2 is 1.73 bits per heavy atom. The van der Waals surface area contributed by atoms with Gasteiger partial charge in [0.1, 0.15) is 5.75 Å². The van der Waals surface area contributed by atoms with Gasteiger partial charge in [-0.1, -0.05) is 0 Å². The molecule has 0 atom stereocenters. The van der Waals surface area contributed by atoms with E-state index in [9.17, 15) is 0 Å². The Labute approximate surface area is 92.6 Å². The van der Waals surface area contributed by atoms with Crippen molar-refractivity contribution >= 4 is 5.69 Å². The Balaban J connectivity index is 3.06. The Kier molecular flexibility index (Phi) is 3.28. The van der Waals surface area contributed by atoms with E-state index in [0.717, 1.165) is 11.4 Å². The number of methoxy groups -OCH3 is 1. The van der Waals surface area contributed by atoms with Crippen LogP contribution in [0.3, 0.4) is 0 Å². The summed E-state index contributed by atoms with van der Waals surface area (Å²) in [6.45, 7) is 10.6. The largest absolute Gasteiger partial charge is 0.496 e. The molecule has 0 aliphatic carbocycles. The molecule has 15 heavy (non-hydrogen) atoms. The molecule has 0 radical (unpaired) electrons. The molecule has 0 spiro atoms. The molecule has 0 aliphatic rings. The lowest BCUT2D eigenvalue weighted by molar-refractivity contribution is 0.411. The minimum Gasteiger partial charge on any atom is -0.496 e. The van der Waals surface area contributed by atoms with E-state index in [4.69, 9.17) is 4.74 Å². The van der Waals surface area contributed by atoms with Crippen LogP contribution in [0.2, 0.25) is 0 Å². The van der Waals surface area contributed by atoms with Crippen molar-refractivity contribution in [3.63, 3.8) is 0 Å². The van der Waals surface area contributed by atoms with Gasteiger partial charge in [-0.15, -0.1) is 0 Å². The molecule has 1 aromatic carbocycles. The molecule has 2 heteroatoms. The molecule has 84 valence electrons. The van der Waals surface area contributed by atoms with Crippen molar-refractivity contribution in [2.45, 2.75) is 40.2 Å². The monoisotopic (exact) mass is 207 g/mol. The first-order valence-electron chi connectivity index (χ1n) is 5.27. The van der Waals surface area contributed by atoms with Gasteiger partial charge in [-0.05, 0) is 51.8 Å². The van der Waals surface area contributed by atoms with Gasteiger partial charge in [0.15, 0.2) is 0 Å². The fourth-order valence-corrected chi connectivity index (χ4v) is 1.54. The summed E-state index contributed by atoms with van der Waals surface area (Å²) in [5.74, 6) is 0.946. The second-order valence-electron chi connectivity index (χ2n) is 5.00. The summed E-state index contributed by atoms with van der Waals surface area (Å²) >= 11 is 0. The van der Waals surface area contributed by atoms with Gasteiger partial charge in [0, 0.05) is 17.3 Å². The highest BCUT2D eigenvalue weighted by Gasteiger charge is 2.11. The summed E-state index contributed by atoms with van der Waals surface area (Å²) in [4.78, 5) is 0. The lowest BCUT2D eigenvalue weighted by Gasteiger charge is -2.23. The highest BCUT2D eigenvalue weighted by Crippen LogP contribution is 2.27. The van der Waals surface area contributed by atoms with Crippen LogP contribution in [0.1, 0.15) is 31.9 Å². The lowest BCUT2D eigenvalue weighted by atomic mass is 10.0. The van der Waals surface area contributed by atoms with E-state index in [2.05, 4.69) is 46.0 Å². The molecule has 1 N–H and O–H groups in total. The first-order valence-corrected chi connectivity index (χ1v) is 5.27. The van der Waals surface area contributed by atoms with Crippen LogP contribution in [-0.4, -0.2) is 12.6 Å². The minimum atomic E-state index is 0.0761. The molecule has 0 bridgehead atoms. The molecule has 0 fully saturated rings. The van der Waals surface area contributed by atoms with E-state index in [-0.39, 0.29) is 5.54 Å². The number of ether oxygens (including phenoxy) is 1. The fraction of sp³-hybridized carbons (Fsp3) is 0.538. The van der Waals surface area contributed by atoms with E-state index >= 15 is 0 Å². The summed E-state index contributed by atoms with van der Waals surface area (Å²) in [5.41, 5.74) is 3.65. The molecule has 0 heterocycles. The number of aryl methyl sites for hydroxylation is 1. The highest BCUT2D eigenvalue weighted by atomic mass is 16.5. The molecule has 2 nitrogen and oxygen atoms in total. The van der Waals surface area contributed by atoms with Crippen LogP contribution in [-0.2, 0) is 0 Å².